The lowest BCUT2D eigenvalue weighted by Crippen LogP contribution is -2.04. The third kappa shape index (κ3) is 5.96. The summed E-state index contributed by atoms with van der Waals surface area (Å²) >= 11 is 1.45. The molecule has 0 bridgehead atoms. The third-order valence-electron chi connectivity index (χ3n) is 2.32. The Morgan fingerprint density at radius 1 is 1.32 bits per heavy atom. The average Bonchev–Trinajstić information content (AvgIpc) is 2.27. The summed E-state index contributed by atoms with van der Waals surface area (Å²) < 4.78 is 37.1. The zero-order chi connectivity index (χ0) is 14.5. The Kier molecular flexibility index (Phi) is 5.66. The molecule has 0 aromatic heterocycles. The lowest BCUT2D eigenvalue weighted by atomic mass is 10.2. The molecule has 1 aromatic carbocycles. The van der Waals surface area contributed by atoms with Gasteiger partial charge in [0.2, 0.25) is 0 Å². The first-order valence-corrected chi connectivity index (χ1v) is 6.67. The highest BCUT2D eigenvalue weighted by atomic mass is 32.2. The molecule has 0 radical (unpaired) electrons. The minimum absolute atomic E-state index is 0.0861. The summed E-state index contributed by atoms with van der Waals surface area (Å²) in [5.41, 5.74) is -0.642. The van der Waals surface area contributed by atoms with Crippen LogP contribution >= 0.6 is 11.8 Å². The van der Waals surface area contributed by atoms with Gasteiger partial charge in [-0.2, -0.15) is 13.2 Å². The molecule has 5 heteroatoms. The van der Waals surface area contributed by atoms with Crippen molar-refractivity contribution in [2.45, 2.75) is 36.6 Å². The van der Waals surface area contributed by atoms with Crippen molar-refractivity contribution in [3.63, 3.8) is 0 Å². The smallest absolute Gasteiger partial charge is 0.300 e. The van der Waals surface area contributed by atoms with Crippen LogP contribution in [0.1, 0.15) is 25.8 Å². The van der Waals surface area contributed by atoms with Crippen molar-refractivity contribution in [2.24, 2.45) is 0 Å². The summed E-state index contributed by atoms with van der Waals surface area (Å²) in [4.78, 5) is 11.5. The largest absolute Gasteiger partial charge is 0.416 e. The monoisotopic (exact) mass is 288 g/mol. The van der Waals surface area contributed by atoms with Crippen molar-refractivity contribution in [1.82, 2.24) is 0 Å². The van der Waals surface area contributed by atoms with Gasteiger partial charge in [-0.05, 0) is 38.1 Å². The maximum absolute atomic E-state index is 12.4. The highest BCUT2D eigenvalue weighted by Gasteiger charge is 2.29. The second-order valence-corrected chi connectivity index (χ2v) is 5.63. The van der Waals surface area contributed by atoms with Crippen LogP contribution in [-0.4, -0.2) is 11.0 Å². The van der Waals surface area contributed by atoms with Crippen LogP contribution in [0.5, 0.6) is 0 Å². The second kappa shape index (κ2) is 6.80. The quantitative estimate of drug-likeness (QED) is 0.576. The number of ketones is 1. The van der Waals surface area contributed by atoms with Crippen molar-refractivity contribution >= 4 is 17.5 Å². The molecule has 0 N–H and O–H groups in total. The minimum Gasteiger partial charge on any atom is -0.300 e. The summed E-state index contributed by atoms with van der Waals surface area (Å²) in [7, 11) is 0. The zero-order valence-corrected chi connectivity index (χ0v) is 11.5. The SMILES string of the molecule is CC(=O)C/C=C/C(C)Sc1ccc(C(F)(F)F)cc1. The fraction of sp³-hybridized carbons (Fsp3) is 0.357. The van der Waals surface area contributed by atoms with E-state index >= 15 is 0 Å². The summed E-state index contributed by atoms with van der Waals surface area (Å²) in [5.74, 6) is 0.0861. The minimum atomic E-state index is -4.30. The molecule has 19 heavy (non-hydrogen) atoms. The lowest BCUT2D eigenvalue weighted by molar-refractivity contribution is -0.137. The van der Waals surface area contributed by atoms with Gasteiger partial charge in [0.05, 0.1) is 5.56 Å². The number of Topliss-reactive ketones (excluding diaryl/α,β-unsaturated/α-hetero) is 1. The summed E-state index contributed by atoms with van der Waals surface area (Å²) in [6, 6.07) is 5.08. The molecule has 0 aliphatic carbocycles. The molecule has 1 nitrogen and oxygen atoms in total. The van der Waals surface area contributed by atoms with E-state index < -0.39 is 11.7 Å². The number of benzene rings is 1. The van der Waals surface area contributed by atoms with Gasteiger partial charge in [0.1, 0.15) is 5.78 Å². The van der Waals surface area contributed by atoms with Crippen molar-refractivity contribution < 1.29 is 18.0 Å². The van der Waals surface area contributed by atoms with Gasteiger partial charge in [-0.1, -0.05) is 12.2 Å². The summed E-state index contributed by atoms with van der Waals surface area (Å²) in [6.45, 7) is 3.44. The first-order valence-electron chi connectivity index (χ1n) is 5.79. The number of alkyl halides is 3. The Morgan fingerprint density at radius 3 is 2.37 bits per heavy atom. The number of hydrogen-bond acceptors (Lipinski definition) is 2. The first-order chi connectivity index (χ1) is 8.79. The molecule has 1 atom stereocenters. The predicted octanol–water partition coefficient (Wildman–Crippen LogP) is 4.72. The van der Waals surface area contributed by atoms with Crippen LogP contribution in [0.4, 0.5) is 13.2 Å². The highest BCUT2D eigenvalue weighted by molar-refractivity contribution is 8.00. The number of hydrogen-bond donors (Lipinski definition) is 0. The van der Waals surface area contributed by atoms with Crippen LogP contribution in [0, 0.1) is 0 Å². The van der Waals surface area contributed by atoms with Gasteiger partial charge >= 0.3 is 6.18 Å². The molecular formula is C14H15F3OS. The number of carbonyl (C=O) groups excluding carboxylic acids is 1. The lowest BCUT2D eigenvalue weighted by Gasteiger charge is -2.09. The molecule has 1 aromatic rings. The van der Waals surface area contributed by atoms with Crippen LogP contribution in [0.15, 0.2) is 41.3 Å². The summed E-state index contributed by atoms with van der Waals surface area (Å²) in [6.07, 6.45) is -0.248. The Balaban J connectivity index is 2.58. The van der Waals surface area contributed by atoms with Crippen LogP contribution < -0.4 is 0 Å². The highest BCUT2D eigenvalue weighted by Crippen LogP contribution is 2.31. The number of carbonyl (C=O) groups is 1. The van der Waals surface area contributed by atoms with E-state index in [9.17, 15) is 18.0 Å². The van der Waals surface area contributed by atoms with Gasteiger partial charge in [0.15, 0.2) is 0 Å². The normalized spacial score (nSPS) is 13.7. The van der Waals surface area contributed by atoms with Crippen molar-refractivity contribution in [1.29, 1.82) is 0 Å². The fourth-order valence-electron chi connectivity index (χ4n) is 1.40. The van der Waals surface area contributed by atoms with E-state index in [4.69, 9.17) is 0 Å². The maximum atomic E-state index is 12.4. The van der Waals surface area contributed by atoms with E-state index in [0.717, 1.165) is 17.0 Å². The van der Waals surface area contributed by atoms with E-state index in [1.54, 1.807) is 6.08 Å². The van der Waals surface area contributed by atoms with Gasteiger partial charge < -0.3 is 0 Å². The van der Waals surface area contributed by atoms with Crippen molar-refractivity contribution in [3.05, 3.63) is 42.0 Å². The zero-order valence-electron chi connectivity index (χ0n) is 10.7. The molecule has 1 unspecified atom stereocenters. The van der Waals surface area contributed by atoms with E-state index in [1.165, 1.54) is 30.8 Å². The molecule has 0 heterocycles. The van der Waals surface area contributed by atoms with Crippen LogP contribution in [0.2, 0.25) is 0 Å². The average molecular weight is 288 g/mol. The Bertz CT molecular complexity index is 449. The Hall–Kier alpha value is -1.23. The van der Waals surface area contributed by atoms with E-state index in [-0.39, 0.29) is 11.0 Å². The molecule has 0 aliphatic heterocycles. The van der Waals surface area contributed by atoms with Crippen LogP contribution in [0.25, 0.3) is 0 Å². The molecular weight excluding hydrogens is 273 g/mol. The van der Waals surface area contributed by atoms with Gasteiger partial charge in [0.25, 0.3) is 0 Å². The van der Waals surface area contributed by atoms with Gasteiger partial charge in [-0.25, -0.2) is 0 Å². The Labute approximate surface area is 114 Å². The molecule has 0 saturated heterocycles. The number of allylic oxidation sites excluding steroid dienone is 1. The maximum Gasteiger partial charge on any atom is 0.416 e. The number of thioether (sulfide) groups is 1. The molecule has 104 valence electrons. The molecule has 0 amide bonds. The molecule has 0 saturated carbocycles. The molecule has 0 spiro atoms. The van der Waals surface area contributed by atoms with Crippen molar-refractivity contribution in [3.8, 4) is 0 Å². The fourth-order valence-corrected chi connectivity index (χ4v) is 2.31. The van der Waals surface area contributed by atoms with Gasteiger partial charge in [-0.15, -0.1) is 11.8 Å². The molecule has 1 rings (SSSR count). The topological polar surface area (TPSA) is 17.1 Å². The van der Waals surface area contributed by atoms with Gasteiger partial charge in [-0.3, -0.25) is 4.79 Å². The van der Waals surface area contributed by atoms with E-state index in [2.05, 4.69) is 0 Å². The van der Waals surface area contributed by atoms with E-state index in [0.29, 0.717) is 6.42 Å². The second-order valence-electron chi connectivity index (χ2n) is 4.18. The standard InChI is InChI=1S/C14H15F3OS/c1-10(18)4-3-5-11(2)19-13-8-6-12(7-9-13)14(15,16)17/h3,5-9,11H,4H2,1-2H3/b5-3+. The molecule has 0 fully saturated rings. The van der Waals surface area contributed by atoms with E-state index in [1.807, 2.05) is 13.0 Å². The van der Waals surface area contributed by atoms with Crippen molar-refractivity contribution in [2.75, 3.05) is 0 Å². The first kappa shape index (κ1) is 15.8. The van der Waals surface area contributed by atoms with Gasteiger partial charge in [0, 0.05) is 16.6 Å². The van der Waals surface area contributed by atoms with Crippen LogP contribution in [-0.2, 0) is 11.0 Å². The third-order valence-corrected chi connectivity index (χ3v) is 3.39. The van der Waals surface area contributed by atoms with Crippen LogP contribution in [0.3, 0.4) is 0 Å². The predicted molar refractivity (Wildman–Crippen MR) is 71.2 cm³/mol. The summed E-state index contributed by atoms with van der Waals surface area (Å²) in [5, 5.41) is 0.107. The molecule has 0 aliphatic rings. The number of halogens is 3. The Morgan fingerprint density at radius 2 is 1.89 bits per heavy atom. The number of rotatable bonds is 5.